The molecule has 1 rings (SSSR count). The fourth-order valence-corrected chi connectivity index (χ4v) is 1.39. The topological polar surface area (TPSA) is 134 Å². The Hall–Kier alpha value is -0.380. The van der Waals surface area contributed by atoms with E-state index >= 15 is 0 Å². The molecule has 0 aromatic carbocycles. The Morgan fingerprint density at radius 1 is 1.56 bits per heavy atom. The van der Waals surface area contributed by atoms with Gasteiger partial charge in [0.15, 0.2) is 10.1 Å². The normalized spacial score (nSPS) is 12.9. The molecule has 0 radical (unpaired) electrons. The van der Waals surface area contributed by atoms with Crippen LogP contribution in [-0.2, 0) is 14.9 Å². The van der Waals surface area contributed by atoms with Crippen LogP contribution in [0.2, 0.25) is 0 Å². The van der Waals surface area contributed by atoms with E-state index in [0.29, 0.717) is 0 Å². The molecule has 16 heavy (non-hydrogen) atoms. The SMILES string of the molecule is NC(CC(=O)O)c1ccc(S(=O)(=O)[O-])o1.[Na+]. The van der Waals surface area contributed by atoms with Crippen molar-refractivity contribution in [2.45, 2.75) is 17.6 Å². The monoisotopic (exact) mass is 257 g/mol. The number of rotatable bonds is 4. The van der Waals surface area contributed by atoms with Gasteiger partial charge in [-0.3, -0.25) is 4.79 Å². The second-order valence-corrected chi connectivity index (χ2v) is 4.13. The standard InChI is InChI=1S/C7H9NO6S.Na/c8-4(3-6(9)10)5-1-2-7(14-5)15(11,12)13;/h1-2,4H,3,8H2,(H,9,10)(H,11,12,13);/q;+1/p-1. The Bertz CT molecular complexity index is 467. The van der Waals surface area contributed by atoms with Gasteiger partial charge in [0.25, 0.3) is 0 Å². The molecule has 0 saturated heterocycles. The van der Waals surface area contributed by atoms with Gasteiger partial charge >= 0.3 is 35.5 Å². The van der Waals surface area contributed by atoms with Gasteiger partial charge in [-0.15, -0.1) is 0 Å². The number of carboxylic acids is 1. The molecular formula is C7H8NNaO6S. The smallest absolute Gasteiger partial charge is 0.742 e. The van der Waals surface area contributed by atoms with E-state index in [9.17, 15) is 17.8 Å². The van der Waals surface area contributed by atoms with Crippen LogP contribution in [0.25, 0.3) is 0 Å². The number of furan rings is 1. The largest absolute Gasteiger partial charge is 1.00 e. The zero-order chi connectivity index (χ0) is 11.6. The third kappa shape index (κ3) is 4.24. The van der Waals surface area contributed by atoms with Crippen molar-refractivity contribution in [3.05, 3.63) is 17.9 Å². The van der Waals surface area contributed by atoms with Crippen LogP contribution in [0, 0.1) is 0 Å². The molecule has 0 amide bonds. The Morgan fingerprint density at radius 2 is 2.12 bits per heavy atom. The molecular weight excluding hydrogens is 249 g/mol. The van der Waals surface area contributed by atoms with E-state index in [-0.39, 0.29) is 35.3 Å². The molecule has 0 bridgehead atoms. The predicted octanol–water partition coefficient (Wildman–Crippen LogP) is -3.34. The minimum absolute atomic E-state index is 0. The predicted molar refractivity (Wildman–Crippen MR) is 45.9 cm³/mol. The first kappa shape index (κ1) is 15.6. The van der Waals surface area contributed by atoms with Gasteiger partial charge in [0.05, 0.1) is 12.5 Å². The molecule has 0 aliphatic rings. The van der Waals surface area contributed by atoms with Crippen molar-refractivity contribution in [2.24, 2.45) is 5.73 Å². The molecule has 0 saturated carbocycles. The zero-order valence-electron chi connectivity index (χ0n) is 8.41. The van der Waals surface area contributed by atoms with Crippen molar-refractivity contribution in [3.8, 4) is 0 Å². The van der Waals surface area contributed by atoms with Crippen molar-refractivity contribution >= 4 is 16.1 Å². The first-order chi connectivity index (χ1) is 6.80. The summed E-state index contributed by atoms with van der Waals surface area (Å²) in [5.41, 5.74) is 5.38. The third-order valence-corrected chi connectivity index (χ3v) is 2.32. The van der Waals surface area contributed by atoms with E-state index in [1.54, 1.807) is 0 Å². The molecule has 1 unspecified atom stereocenters. The number of aliphatic carboxylic acids is 1. The molecule has 0 aliphatic carbocycles. The van der Waals surface area contributed by atoms with Crippen molar-refractivity contribution in [1.29, 1.82) is 0 Å². The van der Waals surface area contributed by atoms with Crippen LogP contribution in [0.3, 0.4) is 0 Å². The minimum atomic E-state index is -4.66. The minimum Gasteiger partial charge on any atom is -0.742 e. The van der Waals surface area contributed by atoms with Crippen molar-refractivity contribution in [1.82, 2.24) is 0 Å². The average Bonchev–Trinajstić information content (AvgIpc) is 2.48. The first-order valence-electron chi connectivity index (χ1n) is 3.83. The number of carbonyl (C=O) groups is 1. The van der Waals surface area contributed by atoms with Gasteiger partial charge in [-0.1, -0.05) is 0 Å². The molecule has 1 heterocycles. The van der Waals surface area contributed by atoms with Gasteiger partial charge in [-0.25, -0.2) is 8.42 Å². The van der Waals surface area contributed by atoms with Gasteiger partial charge < -0.3 is 19.8 Å². The van der Waals surface area contributed by atoms with E-state index in [1.807, 2.05) is 0 Å². The van der Waals surface area contributed by atoms with Crippen molar-refractivity contribution < 1.29 is 56.8 Å². The van der Waals surface area contributed by atoms with Crippen LogP contribution in [0.15, 0.2) is 21.6 Å². The second kappa shape index (κ2) is 5.80. The van der Waals surface area contributed by atoms with Crippen molar-refractivity contribution in [2.75, 3.05) is 0 Å². The summed E-state index contributed by atoms with van der Waals surface area (Å²) >= 11 is 0. The third-order valence-electron chi connectivity index (χ3n) is 1.61. The molecule has 0 spiro atoms. The van der Waals surface area contributed by atoms with Crippen LogP contribution < -0.4 is 35.3 Å². The number of carboxylic acid groups (broad SMARTS) is 1. The van der Waals surface area contributed by atoms with E-state index in [0.717, 1.165) is 6.07 Å². The molecule has 0 aliphatic heterocycles. The van der Waals surface area contributed by atoms with Crippen LogP contribution in [0.5, 0.6) is 0 Å². The van der Waals surface area contributed by atoms with Gasteiger partial charge in [0, 0.05) is 0 Å². The summed E-state index contributed by atoms with van der Waals surface area (Å²) in [4.78, 5) is 10.3. The number of hydrogen-bond donors (Lipinski definition) is 2. The molecule has 1 atom stereocenters. The van der Waals surface area contributed by atoms with Gasteiger partial charge in [0.1, 0.15) is 5.76 Å². The Labute approximate surface area is 114 Å². The molecule has 1 aromatic rings. The zero-order valence-corrected chi connectivity index (χ0v) is 11.2. The summed E-state index contributed by atoms with van der Waals surface area (Å²) in [6, 6.07) is 1.13. The molecule has 3 N–H and O–H groups in total. The van der Waals surface area contributed by atoms with Gasteiger partial charge in [0.2, 0.25) is 5.09 Å². The van der Waals surface area contributed by atoms with Crippen molar-refractivity contribution in [3.63, 3.8) is 0 Å². The Kier molecular flexibility index (Phi) is 5.66. The van der Waals surface area contributed by atoms with E-state index in [1.165, 1.54) is 6.07 Å². The summed E-state index contributed by atoms with van der Waals surface area (Å²) in [6.45, 7) is 0. The van der Waals surface area contributed by atoms with Crippen LogP contribution in [0.1, 0.15) is 18.2 Å². The van der Waals surface area contributed by atoms with E-state index in [2.05, 4.69) is 4.42 Å². The fourth-order valence-electron chi connectivity index (χ4n) is 0.957. The molecule has 1 aromatic heterocycles. The average molecular weight is 257 g/mol. The molecule has 9 heteroatoms. The number of hydrogen-bond acceptors (Lipinski definition) is 6. The number of nitrogens with two attached hydrogens (primary N) is 1. The van der Waals surface area contributed by atoms with E-state index in [4.69, 9.17) is 10.8 Å². The first-order valence-corrected chi connectivity index (χ1v) is 5.24. The quantitative estimate of drug-likeness (QED) is 0.425. The van der Waals surface area contributed by atoms with Crippen LogP contribution in [-0.4, -0.2) is 24.0 Å². The molecule has 0 fully saturated rings. The molecule has 7 nitrogen and oxygen atoms in total. The Morgan fingerprint density at radius 3 is 2.50 bits per heavy atom. The van der Waals surface area contributed by atoms with Crippen LogP contribution >= 0.6 is 0 Å². The maximum atomic E-state index is 10.5. The summed E-state index contributed by atoms with van der Waals surface area (Å²) < 4.78 is 36.1. The second-order valence-electron chi connectivity index (χ2n) is 2.82. The van der Waals surface area contributed by atoms with Crippen LogP contribution in [0.4, 0.5) is 0 Å². The van der Waals surface area contributed by atoms with E-state index < -0.39 is 33.6 Å². The Balaban J connectivity index is 0.00000225. The summed E-state index contributed by atoms with van der Waals surface area (Å²) in [5.74, 6) is -1.20. The van der Waals surface area contributed by atoms with Gasteiger partial charge in [-0.05, 0) is 12.1 Å². The summed E-state index contributed by atoms with van der Waals surface area (Å²) in [5, 5.41) is 7.64. The molecule has 84 valence electrons. The summed E-state index contributed by atoms with van der Waals surface area (Å²) in [7, 11) is -4.66. The summed E-state index contributed by atoms with van der Waals surface area (Å²) in [6.07, 6.45) is -0.411. The maximum Gasteiger partial charge on any atom is 1.00 e. The maximum absolute atomic E-state index is 10.5. The van der Waals surface area contributed by atoms with Gasteiger partial charge in [-0.2, -0.15) is 0 Å². The fraction of sp³-hybridized carbons (Fsp3) is 0.286.